The molecule has 3 N–H and O–H groups in total. The molecule has 1 aliphatic rings. The van der Waals surface area contributed by atoms with Crippen LogP contribution in [0.2, 0.25) is 0 Å². The number of hydrogen-bond acceptors (Lipinski definition) is 3. The van der Waals surface area contributed by atoms with E-state index in [2.05, 4.69) is 5.32 Å². The van der Waals surface area contributed by atoms with Crippen molar-refractivity contribution in [1.82, 2.24) is 5.32 Å². The molecule has 2 atom stereocenters. The Hall–Kier alpha value is -0.610. The number of rotatable bonds is 5. The molecule has 0 saturated carbocycles. The lowest BCUT2D eigenvalue weighted by atomic mass is 9.96. The first kappa shape index (κ1) is 12.5. The van der Waals surface area contributed by atoms with E-state index in [-0.39, 0.29) is 5.91 Å². The average molecular weight is 214 g/mol. The molecule has 88 valence electrons. The fourth-order valence-corrected chi connectivity index (χ4v) is 1.82. The fraction of sp³-hybridized carbons (Fsp3) is 0.909. The van der Waals surface area contributed by atoms with Crippen molar-refractivity contribution in [2.24, 2.45) is 11.7 Å². The van der Waals surface area contributed by atoms with Crippen molar-refractivity contribution >= 4 is 5.91 Å². The van der Waals surface area contributed by atoms with Crippen LogP contribution in [0.25, 0.3) is 0 Å². The third-order valence-electron chi connectivity index (χ3n) is 2.86. The van der Waals surface area contributed by atoms with Crippen molar-refractivity contribution in [3.8, 4) is 0 Å². The van der Waals surface area contributed by atoms with Gasteiger partial charge in [0.05, 0.1) is 12.1 Å². The van der Waals surface area contributed by atoms with Gasteiger partial charge in [-0.25, -0.2) is 0 Å². The van der Waals surface area contributed by atoms with Gasteiger partial charge >= 0.3 is 0 Å². The standard InChI is InChI=1S/C11H22N2O2/c1-3-5-11(2,12)10(14)13-7-9-4-6-15-8-9/h9H,3-8,12H2,1-2H3,(H,13,14). The van der Waals surface area contributed by atoms with E-state index >= 15 is 0 Å². The van der Waals surface area contributed by atoms with Gasteiger partial charge in [0.2, 0.25) is 5.91 Å². The maximum Gasteiger partial charge on any atom is 0.239 e. The van der Waals surface area contributed by atoms with E-state index in [4.69, 9.17) is 10.5 Å². The Morgan fingerprint density at radius 2 is 2.40 bits per heavy atom. The number of nitrogens with one attached hydrogen (secondary N) is 1. The molecule has 1 rings (SSSR count). The highest BCUT2D eigenvalue weighted by Crippen LogP contribution is 2.12. The normalized spacial score (nSPS) is 24.9. The number of nitrogens with two attached hydrogens (primary N) is 1. The van der Waals surface area contributed by atoms with E-state index in [1.165, 1.54) is 0 Å². The minimum atomic E-state index is -0.728. The first-order chi connectivity index (χ1) is 7.06. The third kappa shape index (κ3) is 3.80. The Bertz CT molecular complexity index is 211. The smallest absolute Gasteiger partial charge is 0.239 e. The largest absolute Gasteiger partial charge is 0.381 e. The van der Waals surface area contributed by atoms with Crippen molar-refractivity contribution in [2.75, 3.05) is 19.8 Å². The van der Waals surface area contributed by atoms with Crippen LogP contribution in [-0.2, 0) is 9.53 Å². The summed E-state index contributed by atoms with van der Waals surface area (Å²) >= 11 is 0. The Kier molecular flexibility index (Phi) is 4.54. The summed E-state index contributed by atoms with van der Waals surface area (Å²) in [6.45, 7) is 6.08. The highest BCUT2D eigenvalue weighted by molar-refractivity contribution is 5.85. The molecule has 0 bridgehead atoms. The van der Waals surface area contributed by atoms with Gasteiger partial charge < -0.3 is 15.8 Å². The summed E-state index contributed by atoms with van der Waals surface area (Å²) in [6, 6.07) is 0. The Labute approximate surface area is 91.5 Å². The van der Waals surface area contributed by atoms with E-state index < -0.39 is 5.54 Å². The van der Waals surface area contributed by atoms with Crippen LogP contribution >= 0.6 is 0 Å². The van der Waals surface area contributed by atoms with Crippen molar-refractivity contribution in [1.29, 1.82) is 0 Å². The van der Waals surface area contributed by atoms with E-state index in [0.29, 0.717) is 12.5 Å². The van der Waals surface area contributed by atoms with Gasteiger partial charge in [0.15, 0.2) is 0 Å². The molecule has 1 aliphatic heterocycles. The minimum absolute atomic E-state index is 0.0451. The van der Waals surface area contributed by atoms with Crippen LogP contribution in [0.1, 0.15) is 33.1 Å². The second kappa shape index (κ2) is 5.47. The average Bonchev–Trinajstić information content (AvgIpc) is 2.66. The quantitative estimate of drug-likeness (QED) is 0.706. The predicted molar refractivity (Wildman–Crippen MR) is 59.4 cm³/mol. The number of carbonyl (C=O) groups excluding carboxylic acids is 1. The second-order valence-electron chi connectivity index (χ2n) is 4.61. The summed E-state index contributed by atoms with van der Waals surface area (Å²) < 4.78 is 5.24. The number of ether oxygens (including phenoxy) is 1. The lowest BCUT2D eigenvalue weighted by Crippen LogP contribution is -2.52. The predicted octanol–water partition coefficient (Wildman–Crippen LogP) is 0.657. The molecule has 0 aromatic carbocycles. The van der Waals surface area contributed by atoms with Gasteiger partial charge in [-0.05, 0) is 19.8 Å². The molecule has 4 nitrogen and oxygen atoms in total. The second-order valence-corrected chi connectivity index (χ2v) is 4.61. The summed E-state index contributed by atoms with van der Waals surface area (Å²) in [7, 11) is 0. The minimum Gasteiger partial charge on any atom is -0.381 e. The molecule has 0 radical (unpaired) electrons. The third-order valence-corrected chi connectivity index (χ3v) is 2.86. The molecule has 2 unspecified atom stereocenters. The van der Waals surface area contributed by atoms with Crippen LogP contribution in [0.15, 0.2) is 0 Å². The van der Waals surface area contributed by atoms with Gasteiger partial charge in [0.1, 0.15) is 0 Å². The van der Waals surface area contributed by atoms with Crippen LogP contribution < -0.4 is 11.1 Å². The highest BCUT2D eigenvalue weighted by atomic mass is 16.5. The number of carbonyl (C=O) groups is 1. The monoisotopic (exact) mass is 214 g/mol. The molecule has 0 aliphatic carbocycles. The zero-order valence-corrected chi connectivity index (χ0v) is 9.71. The van der Waals surface area contributed by atoms with Crippen LogP contribution in [0.4, 0.5) is 0 Å². The molecule has 1 saturated heterocycles. The molecule has 15 heavy (non-hydrogen) atoms. The SMILES string of the molecule is CCCC(C)(N)C(=O)NCC1CCOC1. The lowest BCUT2D eigenvalue weighted by Gasteiger charge is -2.23. The van der Waals surface area contributed by atoms with Gasteiger partial charge in [0, 0.05) is 19.1 Å². The first-order valence-electron chi connectivity index (χ1n) is 5.71. The van der Waals surface area contributed by atoms with E-state index in [1.807, 2.05) is 6.92 Å². The lowest BCUT2D eigenvalue weighted by molar-refractivity contribution is -0.126. The Morgan fingerprint density at radius 3 is 2.93 bits per heavy atom. The topological polar surface area (TPSA) is 64.4 Å². The van der Waals surface area contributed by atoms with Crippen LogP contribution in [0.5, 0.6) is 0 Å². The summed E-state index contributed by atoms with van der Waals surface area (Å²) in [5.41, 5.74) is 5.18. The molecule has 1 heterocycles. The highest BCUT2D eigenvalue weighted by Gasteiger charge is 2.27. The Morgan fingerprint density at radius 1 is 1.67 bits per heavy atom. The maximum atomic E-state index is 11.7. The molecule has 0 aromatic rings. The summed E-state index contributed by atoms with van der Waals surface area (Å²) in [6.07, 6.45) is 2.68. The van der Waals surface area contributed by atoms with Crippen molar-refractivity contribution < 1.29 is 9.53 Å². The van der Waals surface area contributed by atoms with Crippen LogP contribution in [0, 0.1) is 5.92 Å². The fourth-order valence-electron chi connectivity index (χ4n) is 1.82. The van der Waals surface area contributed by atoms with E-state index in [9.17, 15) is 4.79 Å². The maximum absolute atomic E-state index is 11.7. The summed E-state index contributed by atoms with van der Waals surface area (Å²) in [5, 5.41) is 2.91. The first-order valence-corrected chi connectivity index (χ1v) is 5.71. The molecule has 4 heteroatoms. The van der Waals surface area contributed by atoms with E-state index in [1.54, 1.807) is 6.92 Å². The van der Waals surface area contributed by atoms with Crippen molar-refractivity contribution in [2.45, 2.75) is 38.6 Å². The van der Waals surface area contributed by atoms with Crippen LogP contribution in [0.3, 0.4) is 0 Å². The van der Waals surface area contributed by atoms with Gasteiger partial charge in [-0.3, -0.25) is 4.79 Å². The molecule has 0 aromatic heterocycles. The van der Waals surface area contributed by atoms with Crippen molar-refractivity contribution in [3.63, 3.8) is 0 Å². The Balaban J connectivity index is 2.27. The summed E-state index contributed by atoms with van der Waals surface area (Å²) in [5.74, 6) is 0.419. The van der Waals surface area contributed by atoms with Gasteiger partial charge in [-0.2, -0.15) is 0 Å². The summed E-state index contributed by atoms with van der Waals surface area (Å²) in [4.78, 5) is 11.7. The molecule has 0 spiro atoms. The van der Waals surface area contributed by atoms with E-state index in [0.717, 1.165) is 32.5 Å². The molecule has 1 amide bonds. The molecular formula is C11H22N2O2. The zero-order valence-electron chi connectivity index (χ0n) is 9.71. The van der Waals surface area contributed by atoms with Crippen LogP contribution in [-0.4, -0.2) is 31.2 Å². The number of amides is 1. The molecular weight excluding hydrogens is 192 g/mol. The zero-order chi connectivity index (χ0) is 11.3. The van der Waals surface area contributed by atoms with Gasteiger partial charge in [-0.15, -0.1) is 0 Å². The van der Waals surface area contributed by atoms with Gasteiger partial charge in [0.25, 0.3) is 0 Å². The number of hydrogen-bond donors (Lipinski definition) is 2. The molecule has 1 fully saturated rings. The van der Waals surface area contributed by atoms with Gasteiger partial charge in [-0.1, -0.05) is 13.3 Å². The van der Waals surface area contributed by atoms with Crippen molar-refractivity contribution in [3.05, 3.63) is 0 Å².